The summed E-state index contributed by atoms with van der Waals surface area (Å²) in [7, 11) is 1.31. The Balaban J connectivity index is 2.40. The number of ether oxygens (including phenoxy) is 1. The maximum absolute atomic E-state index is 12.5. The highest BCUT2D eigenvalue weighted by molar-refractivity contribution is 5.99. The van der Waals surface area contributed by atoms with Crippen molar-refractivity contribution < 1.29 is 19.4 Å². The first-order chi connectivity index (χ1) is 11.6. The van der Waals surface area contributed by atoms with Crippen molar-refractivity contribution in [2.45, 2.75) is 25.8 Å². The van der Waals surface area contributed by atoms with Crippen molar-refractivity contribution in [3.8, 4) is 5.75 Å². The van der Waals surface area contributed by atoms with Crippen molar-refractivity contribution in [1.82, 2.24) is 0 Å². The zero-order valence-electron chi connectivity index (χ0n) is 13.8. The van der Waals surface area contributed by atoms with E-state index in [9.17, 15) is 14.7 Å². The number of amides is 1. The topological polar surface area (TPSA) is 66.8 Å². The number of hydrogen-bond donors (Lipinski definition) is 1. The molecule has 0 aliphatic rings. The Bertz CT molecular complexity index is 682. The fraction of sp³-hybridized carbons (Fsp3) is 0.263. The van der Waals surface area contributed by atoms with Gasteiger partial charge < -0.3 is 9.84 Å². The van der Waals surface area contributed by atoms with E-state index in [-0.39, 0.29) is 18.1 Å². The Morgan fingerprint density at radius 2 is 1.71 bits per heavy atom. The van der Waals surface area contributed by atoms with Gasteiger partial charge in [-0.25, -0.2) is 4.79 Å². The second-order valence-corrected chi connectivity index (χ2v) is 5.36. The molecule has 0 aliphatic carbocycles. The van der Waals surface area contributed by atoms with Crippen molar-refractivity contribution in [1.29, 1.82) is 0 Å². The molecule has 5 nitrogen and oxygen atoms in total. The number of para-hydroxylation sites is 1. The zero-order chi connectivity index (χ0) is 17.5. The number of nitrogens with zero attached hydrogens (tertiary/aromatic N) is 1. The number of carbonyl (C=O) groups is 2. The first-order valence-corrected chi connectivity index (χ1v) is 7.79. The summed E-state index contributed by atoms with van der Waals surface area (Å²) < 4.78 is 4.92. The monoisotopic (exact) mass is 327 g/mol. The second-order valence-electron chi connectivity index (χ2n) is 5.36. The average molecular weight is 327 g/mol. The van der Waals surface area contributed by atoms with E-state index < -0.39 is 12.0 Å². The summed E-state index contributed by atoms with van der Waals surface area (Å²) in [5.74, 6) is -0.484. The van der Waals surface area contributed by atoms with Crippen LogP contribution in [0.4, 0.5) is 5.69 Å². The lowest BCUT2D eigenvalue weighted by molar-refractivity contribution is -0.143. The van der Waals surface area contributed by atoms with Crippen LogP contribution in [0, 0.1) is 0 Å². The van der Waals surface area contributed by atoms with Crippen molar-refractivity contribution in [2.75, 3.05) is 12.0 Å². The number of phenolic OH excluding ortho intramolecular Hbond substituents is 1. The Kier molecular flexibility index (Phi) is 5.95. The molecular formula is C19H21NO4. The number of hydrogen-bond acceptors (Lipinski definition) is 4. The fourth-order valence-electron chi connectivity index (χ4n) is 2.53. The van der Waals surface area contributed by atoms with Crippen LogP contribution in [0.2, 0.25) is 0 Å². The molecule has 0 aliphatic heterocycles. The third kappa shape index (κ3) is 4.13. The minimum atomic E-state index is -0.769. The molecule has 5 heteroatoms. The van der Waals surface area contributed by atoms with Gasteiger partial charge in [0.1, 0.15) is 11.8 Å². The largest absolute Gasteiger partial charge is 0.508 e. The fourth-order valence-corrected chi connectivity index (χ4v) is 2.53. The van der Waals surface area contributed by atoms with Gasteiger partial charge >= 0.3 is 5.97 Å². The van der Waals surface area contributed by atoms with E-state index in [1.54, 1.807) is 43.3 Å². The van der Waals surface area contributed by atoms with Crippen molar-refractivity contribution in [2.24, 2.45) is 0 Å². The number of anilines is 1. The van der Waals surface area contributed by atoms with Crippen LogP contribution < -0.4 is 4.90 Å². The number of methoxy groups -OCH3 is 1. The molecule has 0 spiro atoms. The normalized spacial score (nSPS) is 11.6. The molecule has 1 atom stereocenters. The van der Waals surface area contributed by atoms with Gasteiger partial charge in [-0.15, -0.1) is 0 Å². The Hall–Kier alpha value is -2.82. The van der Waals surface area contributed by atoms with E-state index in [0.717, 1.165) is 5.56 Å². The molecule has 24 heavy (non-hydrogen) atoms. The van der Waals surface area contributed by atoms with Gasteiger partial charge in [0.25, 0.3) is 0 Å². The van der Waals surface area contributed by atoms with Crippen molar-refractivity contribution in [3.05, 3.63) is 60.2 Å². The SMILES string of the molecule is CCC(=O)N(c1ccccc1)C(Cc1ccc(O)cc1)C(=O)OC. The van der Waals surface area contributed by atoms with Gasteiger partial charge in [0, 0.05) is 18.5 Å². The van der Waals surface area contributed by atoms with E-state index in [0.29, 0.717) is 12.1 Å². The van der Waals surface area contributed by atoms with E-state index in [1.807, 2.05) is 18.2 Å². The number of carbonyl (C=O) groups excluding carboxylic acids is 2. The van der Waals surface area contributed by atoms with Crippen LogP contribution in [0.25, 0.3) is 0 Å². The van der Waals surface area contributed by atoms with Gasteiger partial charge in [0.2, 0.25) is 5.91 Å². The van der Waals surface area contributed by atoms with Crippen LogP contribution in [0.5, 0.6) is 5.75 Å². The highest BCUT2D eigenvalue weighted by Crippen LogP contribution is 2.22. The lowest BCUT2D eigenvalue weighted by atomic mass is 10.0. The molecule has 126 valence electrons. The molecule has 2 rings (SSSR count). The molecule has 0 aromatic heterocycles. The van der Waals surface area contributed by atoms with Gasteiger partial charge in [-0.2, -0.15) is 0 Å². The molecule has 1 N–H and O–H groups in total. The zero-order valence-corrected chi connectivity index (χ0v) is 13.8. The molecule has 0 saturated heterocycles. The molecular weight excluding hydrogens is 306 g/mol. The summed E-state index contributed by atoms with van der Waals surface area (Å²) in [6.45, 7) is 1.76. The minimum Gasteiger partial charge on any atom is -0.508 e. The number of esters is 1. The van der Waals surface area contributed by atoms with Gasteiger partial charge in [0.15, 0.2) is 0 Å². The second kappa shape index (κ2) is 8.15. The van der Waals surface area contributed by atoms with E-state index in [2.05, 4.69) is 0 Å². The van der Waals surface area contributed by atoms with Gasteiger partial charge in [-0.05, 0) is 29.8 Å². The molecule has 1 unspecified atom stereocenters. The third-order valence-corrected chi connectivity index (χ3v) is 3.76. The first-order valence-electron chi connectivity index (χ1n) is 7.79. The highest BCUT2D eigenvalue weighted by Gasteiger charge is 2.31. The maximum atomic E-state index is 12.5. The van der Waals surface area contributed by atoms with E-state index in [4.69, 9.17) is 4.74 Å². The van der Waals surface area contributed by atoms with Gasteiger partial charge in [0.05, 0.1) is 7.11 Å². The van der Waals surface area contributed by atoms with Crippen LogP contribution in [-0.2, 0) is 20.7 Å². The summed E-state index contributed by atoms with van der Waals surface area (Å²) in [5, 5.41) is 9.40. The Morgan fingerprint density at radius 1 is 1.08 bits per heavy atom. The first kappa shape index (κ1) is 17.5. The number of rotatable bonds is 6. The Morgan fingerprint density at radius 3 is 2.25 bits per heavy atom. The number of benzene rings is 2. The summed E-state index contributed by atoms with van der Waals surface area (Å²) in [6.07, 6.45) is 0.575. The summed E-state index contributed by atoms with van der Waals surface area (Å²) in [4.78, 5) is 26.3. The highest BCUT2D eigenvalue weighted by atomic mass is 16.5. The van der Waals surface area contributed by atoms with Crippen LogP contribution in [0.3, 0.4) is 0 Å². The minimum absolute atomic E-state index is 0.151. The lowest BCUT2D eigenvalue weighted by Gasteiger charge is -2.30. The number of aromatic hydroxyl groups is 1. The summed E-state index contributed by atoms with van der Waals surface area (Å²) >= 11 is 0. The molecule has 2 aromatic rings. The maximum Gasteiger partial charge on any atom is 0.329 e. The molecule has 0 fully saturated rings. The van der Waals surface area contributed by atoms with Crippen molar-refractivity contribution in [3.63, 3.8) is 0 Å². The smallest absolute Gasteiger partial charge is 0.329 e. The van der Waals surface area contributed by atoms with Crippen LogP contribution in [0.1, 0.15) is 18.9 Å². The molecule has 2 aromatic carbocycles. The number of phenols is 1. The van der Waals surface area contributed by atoms with E-state index in [1.165, 1.54) is 12.0 Å². The molecule has 0 saturated carbocycles. The van der Waals surface area contributed by atoms with Crippen LogP contribution in [0.15, 0.2) is 54.6 Å². The summed E-state index contributed by atoms with van der Waals surface area (Å²) in [6, 6.07) is 14.9. The predicted octanol–water partition coefficient (Wildman–Crippen LogP) is 2.92. The standard InChI is InChI=1S/C19H21NO4/c1-3-18(22)20(15-7-5-4-6-8-15)17(19(23)24-2)13-14-9-11-16(21)12-10-14/h4-12,17,21H,3,13H2,1-2H3. The average Bonchev–Trinajstić information content (AvgIpc) is 2.62. The van der Waals surface area contributed by atoms with Gasteiger partial charge in [-0.3, -0.25) is 9.69 Å². The quantitative estimate of drug-likeness (QED) is 0.829. The molecule has 0 bridgehead atoms. The molecule has 0 heterocycles. The van der Waals surface area contributed by atoms with Crippen molar-refractivity contribution >= 4 is 17.6 Å². The van der Waals surface area contributed by atoms with E-state index >= 15 is 0 Å². The lowest BCUT2D eigenvalue weighted by Crippen LogP contribution is -2.47. The predicted molar refractivity (Wildman–Crippen MR) is 91.8 cm³/mol. The van der Waals surface area contributed by atoms with Gasteiger partial charge in [-0.1, -0.05) is 37.3 Å². The summed E-state index contributed by atoms with van der Waals surface area (Å²) in [5.41, 5.74) is 1.48. The Labute approximate surface area is 141 Å². The molecule has 1 amide bonds. The third-order valence-electron chi connectivity index (χ3n) is 3.76. The van der Waals surface area contributed by atoms with Crippen LogP contribution >= 0.6 is 0 Å². The van der Waals surface area contributed by atoms with Crippen LogP contribution in [-0.4, -0.2) is 30.1 Å². The molecule has 0 radical (unpaired) electrons.